The number of likely N-dealkylation sites (N-methyl/N-ethyl adjacent to an activating group) is 1. The zero-order valence-corrected chi connectivity index (χ0v) is 17.6. The molecule has 0 atom stereocenters. The van der Waals surface area contributed by atoms with E-state index in [-0.39, 0.29) is 24.2 Å². The predicted molar refractivity (Wildman–Crippen MR) is 118 cm³/mol. The number of nitrogens with zero attached hydrogens (tertiary/aromatic N) is 2. The highest BCUT2D eigenvalue weighted by Crippen LogP contribution is 2.31. The highest BCUT2D eigenvalue weighted by Gasteiger charge is 2.17. The molecule has 7 nitrogen and oxygen atoms in total. The fourth-order valence-electron chi connectivity index (χ4n) is 2.99. The van der Waals surface area contributed by atoms with Crippen LogP contribution < -0.4 is 15.4 Å². The molecule has 2 amide bonds. The minimum Gasteiger partial charge on any atom is -0.484 e. The average molecular weight is 438 g/mol. The van der Waals surface area contributed by atoms with Crippen LogP contribution in [0.1, 0.15) is 15.4 Å². The van der Waals surface area contributed by atoms with Crippen LogP contribution in [0.25, 0.3) is 15.9 Å². The summed E-state index contributed by atoms with van der Waals surface area (Å²) in [5.74, 6) is -0.364. The Hall–Kier alpha value is -3.72. The number of benzene rings is 2. The Bertz CT molecular complexity index is 1260. The zero-order chi connectivity index (χ0) is 22.0. The Labute approximate surface area is 181 Å². The molecule has 9 heteroatoms. The molecule has 0 saturated carbocycles. The molecule has 31 heavy (non-hydrogen) atoms. The monoisotopic (exact) mass is 438 g/mol. The van der Waals surface area contributed by atoms with Crippen LogP contribution in [-0.2, 0) is 4.79 Å². The fraction of sp³-hybridized carbons (Fsp3) is 0.136. The lowest BCUT2D eigenvalue weighted by atomic mass is 10.2. The van der Waals surface area contributed by atoms with E-state index in [0.717, 1.165) is 15.9 Å². The number of aryl methyl sites for hydroxylation is 1. The smallest absolute Gasteiger partial charge is 0.265 e. The van der Waals surface area contributed by atoms with E-state index < -0.39 is 0 Å². The summed E-state index contributed by atoms with van der Waals surface area (Å²) in [5.41, 5.74) is 2.04. The van der Waals surface area contributed by atoms with Gasteiger partial charge in [0.2, 0.25) is 0 Å². The standard InChI is InChI=1S/C22H19FN4O3S/c1-13-18-11-19(31-22(18)27(26-13)16-8-6-14(23)7-9-16)21(29)25-15-4-3-5-17(10-15)30-12-20(28)24-2/h3-11H,12H2,1-2H3,(H,24,28)(H,25,29). The first-order chi connectivity index (χ1) is 14.9. The van der Waals surface area contributed by atoms with Crippen molar-refractivity contribution >= 4 is 39.1 Å². The van der Waals surface area contributed by atoms with Crippen molar-refractivity contribution in [2.45, 2.75) is 6.92 Å². The number of hydrogen-bond donors (Lipinski definition) is 2. The van der Waals surface area contributed by atoms with Gasteiger partial charge in [-0.05, 0) is 49.4 Å². The Morgan fingerprint density at radius 3 is 2.68 bits per heavy atom. The van der Waals surface area contributed by atoms with Crippen molar-refractivity contribution in [1.29, 1.82) is 0 Å². The second-order valence-corrected chi connectivity index (χ2v) is 7.78. The molecule has 0 bridgehead atoms. The van der Waals surface area contributed by atoms with Crippen molar-refractivity contribution in [3.8, 4) is 11.4 Å². The van der Waals surface area contributed by atoms with Gasteiger partial charge in [0.1, 0.15) is 16.4 Å². The molecule has 2 N–H and O–H groups in total. The Kier molecular flexibility index (Phi) is 5.68. The largest absolute Gasteiger partial charge is 0.484 e. The maximum Gasteiger partial charge on any atom is 0.265 e. The number of rotatable bonds is 6. The molecule has 0 aliphatic rings. The third-order valence-corrected chi connectivity index (χ3v) is 5.69. The van der Waals surface area contributed by atoms with Gasteiger partial charge in [0.25, 0.3) is 11.8 Å². The van der Waals surface area contributed by atoms with Gasteiger partial charge in [0, 0.05) is 24.2 Å². The number of nitrogens with one attached hydrogen (secondary N) is 2. The lowest BCUT2D eigenvalue weighted by Gasteiger charge is -2.08. The minimum atomic E-state index is -0.323. The van der Waals surface area contributed by atoms with Gasteiger partial charge in [-0.15, -0.1) is 11.3 Å². The van der Waals surface area contributed by atoms with E-state index in [1.165, 1.54) is 30.5 Å². The van der Waals surface area contributed by atoms with Crippen molar-refractivity contribution in [1.82, 2.24) is 15.1 Å². The second-order valence-electron chi connectivity index (χ2n) is 6.75. The van der Waals surface area contributed by atoms with Crippen molar-refractivity contribution in [2.24, 2.45) is 0 Å². The van der Waals surface area contributed by atoms with Gasteiger partial charge in [-0.3, -0.25) is 9.59 Å². The van der Waals surface area contributed by atoms with Crippen LogP contribution >= 0.6 is 11.3 Å². The van der Waals surface area contributed by atoms with Crippen molar-refractivity contribution in [2.75, 3.05) is 19.0 Å². The van der Waals surface area contributed by atoms with Gasteiger partial charge < -0.3 is 15.4 Å². The summed E-state index contributed by atoms with van der Waals surface area (Å²) in [4.78, 5) is 25.5. The molecule has 0 spiro atoms. The van der Waals surface area contributed by atoms with E-state index in [2.05, 4.69) is 15.7 Å². The van der Waals surface area contributed by atoms with Gasteiger partial charge in [-0.25, -0.2) is 9.07 Å². The van der Waals surface area contributed by atoms with E-state index in [0.29, 0.717) is 22.0 Å². The Morgan fingerprint density at radius 1 is 1.16 bits per heavy atom. The highest BCUT2D eigenvalue weighted by molar-refractivity contribution is 7.20. The number of amides is 2. The molecule has 4 rings (SSSR count). The maximum absolute atomic E-state index is 13.3. The van der Waals surface area contributed by atoms with Crippen LogP contribution in [0.3, 0.4) is 0 Å². The van der Waals surface area contributed by atoms with Gasteiger partial charge in [0.15, 0.2) is 6.61 Å². The number of carbonyl (C=O) groups is 2. The number of halogens is 1. The summed E-state index contributed by atoms with van der Waals surface area (Å²) in [6, 6.07) is 14.7. The molecule has 0 aliphatic carbocycles. The Balaban J connectivity index is 1.55. The summed E-state index contributed by atoms with van der Waals surface area (Å²) in [7, 11) is 1.53. The molecule has 158 valence electrons. The SMILES string of the molecule is CNC(=O)COc1cccc(NC(=O)c2cc3c(C)nn(-c4ccc(F)cc4)c3s2)c1. The fourth-order valence-corrected chi connectivity index (χ4v) is 4.07. The summed E-state index contributed by atoms with van der Waals surface area (Å²) in [6.45, 7) is 1.76. The molecule has 2 aromatic heterocycles. The number of anilines is 1. The van der Waals surface area contributed by atoms with Gasteiger partial charge >= 0.3 is 0 Å². The van der Waals surface area contributed by atoms with Gasteiger partial charge in [-0.1, -0.05) is 6.07 Å². The Morgan fingerprint density at radius 2 is 1.94 bits per heavy atom. The van der Waals surface area contributed by atoms with Crippen LogP contribution in [0.2, 0.25) is 0 Å². The lowest BCUT2D eigenvalue weighted by molar-refractivity contribution is -0.122. The third kappa shape index (κ3) is 4.41. The van der Waals surface area contributed by atoms with Crippen LogP contribution in [0.5, 0.6) is 5.75 Å². The normalized spacial score (nSPS) is 10.8. The number of ether oxygens (including phenoxy) is 1. The van der Waals surface area contributed by atoms with Crippen LogP contribution in [0.4, 0.5) is 10.1 Å². The van der Waals surface area contributed by atoms with Crippen molar-refractivity contribution < 1.29 is 18.7 Å². The second kappa shape index (κ2) is 8.57. The first kappa shape index (κ1) is 20.5. The molecular formula is C22H19FN4O3S. The van der Waals surface area contributed by atoms with E-state index in [1.54, 1.807) is 47.1 Å². The van der Waals surface area contributed by atoms with Crippen LogP contribution in [-0.4, -0.2) is 35.2 Å². The van der Waals surface area contributed by atoms with Crippen molar-refractivity contribution in [3.05, 3.63) is 71.0 Å². The summed E-state index contributed by atoms with van der Waals surface area (Å²) in [5, 5.41) is 10.7. The number of fused-ring (bicyclic) bond motifs is 1. The molecule has 0 saturated heterocycles. The van der Waals surface area contributed by atoms with Crippen molar-refractivity contribution in [3.63, 3.8) is 0 Å². The topological polar surface area (TPSA) is 85.2 Å². The molecular weight excluding hydrogens is 419 g/mol. The van der Waals surface area contributed by atoms with E-state index in [1.807, 2.05) is 6.92 Å². The molecule has 0 fully saturated rings. The number of aromatic nitrogens is 2. The first-order valence-corrected chi connectivity index (χ1v) is 10.3. The lowest BCUT2D eigenvalue weighted by Crippen LogP contribution is -2.24. The third-order valence-electron chi connectivity index (χ3n) is 4.58. The summed E-state index contributed by atoms with van der Waals surface area (Å²) < 4.78 is 20.4. The molecule has 2 aromatic carbocycles. The van der Waals surface area contributed by atoms with Crippen LogP contribution in [0, 0.1) is 12.7 Å². The minimum absolute atomic E-state index is 0.108. The van der Waals surface area contributed by atoms with Crippen LogP contribution in [0.15, 0.2) is 54.6 Å². The number of thiophene rings is 1. The number of hydrogen-bond acceptors (Lipinski definition) is 5. The average Bonchev–Trinajstić information content (AvgIpc) is 3.34. The quantitative estimate of drug-likeness (QED) is 0.478. The first-order valence-electron chi connectivity index (χ1n) is 9.44. The predicted octanol–water partition coefficient (Wildman–Crippen LogP) is 3.91. The molecule has 0 aliphatic heterocycles. The summed E-state index contributed by atoms with van der Waals surface area (Å²) in [6.07, 6.45) is 0. The molecule has 0 unspecified atom stereocenters. The van der Waals surface area contributed by atoms with Gasteiger partial charge in [-0.2, -0.15) is 5.10 Å². The molecule has 4 aromatic rings. The molecule has 2 heterocycles. The van der Waals surface area contributed by atoms with E-state index in [4.69, 9.17) is 4.74 Å². The van der Waals surface area contributed by atoms with E-state index in [9.17, 15) is 14.0 Å². The molecule has 0 radical (unpaired) electrons. The zero-order valence-electron chi connectivity index (χ0n) is 16.8. The van der Waals surface area contributed by atoms with Gasteiger partial charge in [0.05, 0.1) is 16.3 Å². The van der Waals surface area contributed by atoms with E-state index >= 15 is 0 Å². The highest BCUT2D eigenvalue weighted by atomic mass is 32.1. The summed E-state index contributed by atoms with van der Waals surface area (Å²) >= 11 is 1.30. The maximum atomic E-state index is 13.3. The number of carbonyl (C=O) groups excluding carboxylic acids is 2.